The molecule has 0 bridgehead atoms. The highest BCUT2D eigenvalue weighted by Gasteiger charge is 2.08. The number of fused-ring (bicyclic) bond motifs is 1. The Kier molecular flexibility index (Phi) is 4.38. The number of hydrogen-bond acceptors (Lipinski definition) is 2. The minimum Gasteiger partial charge on any atom is -0.497 e. The molecule has 3 rings (SSSR count). The van der Waals surface area contributed by atoms with Crippen molar-refractivity contribution in [3.63, 3.8) is 0 Å². The number of hydrogen-bond donors (Lipinski definition) is 0. The standard InChI is InChI=1S/C20H21NO/c1-3-4-8-16-13-20(15-9-6-5-7-10-15)21-19-12-11-17(22-2)14-18(16)19/h5-7,9-14H,3-4,8H2,1-2H3. The maximum absolute atomic E-state index is 5.37. The predicted octanol–water partition coefficient (Wildman–Crippen LogP) is 5.25. The first-order valence-electron chi connectivity index (χ1n) is 7.85. The molecule has 2 aromatic carbocycles. The summed E-state index contributed by atoms with van der Waals surface area (Å²) in [7, 11) is 1.71. The Morgan fingerprint density at radius 1 is 1.00 bits per heavy atom. The lowest BCUT2D eigenvalue weighted by Gasteiger charge is -2.11. The van der Waals surface area contributed by atoms with Gasteiger partial charge in [-0.05, 0) is 42.7 Å². The molecule has 22 heavy (non-hydrogen) atoms. The number of aryl methyl sites for hydroxylation is 1. The monoisotopic (exact) mass is 291 g/mol. The molecule has 2 heteroatoms. The van der Waals surface area contributed by atoms with Crippen molar-refractivity contribution in [3.8, 4) is 17.0 Å². The summed E-state index contributed by atoms with van der Waals surface area (Å²) >= 11 is 0. The van der Waals surface area contributed by atoms with Gasteiger partial charge in [-0.2, -0.15) is 0 Å². The van der Waals surface area contributed by atoms with E-state index >= 15 is 0 Å². The van der Waals surface area contributed by atoms with E-state index in [4.69, 9.17) is 9.72 Å². The van der Waals surface area contributed by atoms with E-state index in [0.29, 0.717) is 0 Å². The van der Waals surface area contributed by atoms with Crippen molar-refractivity contribution < 1.29 is 4.74 Å². The second kappa shape index (κ2) is 6.61. The first-order chi connectivity index (χ1) is 10.8. The third-order valence-corrected chi connectivity index (χ3v) is 3.97. The SMILES string of the molecule is CCCCc1cc(-c2ccccc2)nc2ccc(OC)cc12. The van der Waals surface area contributed by atoms with Gasteiger partial charge >= 0.3 is 0 Å². The van der Waals surface area contributed by atoms with Gasteiger partial charge < -0.3 is 4.74 Å². The Bertz CT molecular complexity index is 765. The second-order valence-corrected chi connectivity index (χ2v) is 5.52. The van der Waals surface area contributed by atoms with Crippen molar-refractivity contribution in [1.29, 1.82) is 0 Å². The molecule has 0 atom stereocenters. The molecule has 0 radical (unpaired) electrons. The van der Waals surface area contributed by atoms with Gasteiger partial charge in [-0.3, -0.25) is 0 Å². The lowest BCUT2D eigenvalue weighted by molar-refractivity contribution is 0.415. The van der Waals surface area contributed by atoms with Crippen molar-refractivity contribution in [2.24, 2.45) is 0 Å². The molecule has 3 aromatic rings. The quantitative estimate of drug-likeness (QED) is 0.640. The fourth-order valence-electron chi connectivity index (χ4n) is 2.73. The summed E-state index contributed by atoms with van der Waals surface area (Å²) < 4.78 is 5.37. The fraction of sp³-hybridized carbons (Fsp3) is 0.250. The topological polar surface area (TPSA) is 22.1 Å². The molecule has 0 saturated heterocycles. The number of pyridine rings is 1. The van der Waals surface area contributed by atoms with Gasteiger partial charge in [0.05, 0.1) is 18.3 Å². The zero-order chi connectivity index (χ0) is 15.4. The van der Waals surface area contributed by atoms with Gasteiger partial charge in [0.2, 0.25) is 0 Å². The van der Waals surface area contributed by atoms with E-state index in [2.05, 4.69) is 49.4 Å². The highest BCUT2D eigenvalue weighted by Crippen LogP contribution is 2.28. The molecule has 0 aliphatic heterocycles. The number of benzene rings is 2. The Labute approximate surface area is 131 Å². The van der Waals surface area contributed by atoms with Gasteiger partial charge in [0, 0.05) is 10.9 Å². The molecule has 0 saturated carbocycles. The van der Waals surface area contributed by atoms with E-state index < -0.39 is 0 Å². The first kappa shape index (κ1) is 14.6. The Morgan fingerprint density at radius 3 is 2.55 bits per heavy atom. The van der Waals surface area contributed by atoms with E-state index in [1.807, 2.05) is 12.1 Å². The number of aromatic nitrogens is 1. The van der Waals surface area contributed by atoms with Crippen LogP contribution in [-0.4, -0.2) is 12.1 Å². The average molecular weight is 291 g/mol. The minimum absolute atomic E-state index is 0.888. The van der Waals surface area contributed by atoms with Gasteiger partial charge in [-0.25, -0.2) is 4.98 Å². The largest absolute Gasteiger partial charge is 0.497 e. The van der Waals surface area contributed by atoms with Gasteiger partial charge in [0.15, 0.2) is 0 Å². The van der Waals surface area contributed by atoms with Crippen molar-refractivity contribution >= 4 is 10.9 Å². The third kappa shape index (κ3) is 2.96. The highest BCUT2D eigenvalue weighted by atomic mass is 16.5. The highest BCUT2D eigenvalue weighted by molar-refractivity contribution is 5.86. The number of rotatable bonds is 5. The smallest absolute Gasteiger partial charge is 0.119 e. The molecule has 0 amide bonds. The summed E-state index contributed by atoms with van der Waals surface area (Å²) in [5.41, 5.74) is 4.60. The Morgan fingerprint density at radius 2 is 1.82 bits per heavy atom. The zero-order valence-electron chi connectivity index (χ0n) is 13.2. The van der Waals surface area contributed by atoms with Crippen LogP contribution in [0.1, 0.15) is 25.3 Å². The van der Waals surface area contributed by atoms with Crippen LogP contribution < -0.4 is 4.74 Å². The summed E-state index contributed by atoms with van der Waals surface area (Å²) in [6.45, 7) is 2.22. The van der Waals surface area contributed by atoms with Crippen LogP contribution in [0.4, 0.5) is 0 Å². The fourth-order valence-corrected chi connectivity index (χ4v) is 2.73. The van der Waals surface area contributed by atoms with E-state index in [9.17, 15) is 0 Å². The molecular weight excluding hydrogens is 270 g/mol. The summed E-state index contributed by atoms with van der Waals surface area (Å²) in [4.78, 5) is 4.83. The predicted molar refractivity (Wildman–Crippen MR) is 92.3 cm³/mol. The lowest BCUT2D eigenvalue weighted by atomic mass is 10.00. The number of methoxy groups -OCH3 is 1. The van der Waals surface area contributed by atoms with E-state index in [0.717, 1.165) is 28.9 Å². The molecule has 1 aromatic heterocycles. The van der Waals surface area contributed by atoms with E-state index in [1.165, 1.54) is 23.8 Å². The molecule has 1 heterocycles. The number of ether oxygens (including phenoxy) is 1. The van der Waals surface area contributed by atoms with Crippen molar-refractivity contribution in [2.75, 3.05) is 7.11 Å². The third-order valence-electron chi connectivity index (χ3n) is 3.97. The molecule has 0 N–H and O–H groups in total. The minimum atomic E-state index is 0.888. The second-order valence-electron chi connectivity index (χ2n) is 5.52. The summed E-state index contributed by atoms with van der Waals surface area (Å²) in [5.74, 6) is 0.888. The van der Waals surface area contributed by atoms with Crippen molar-refractivity contribution in [1.82, 2.24) is 4.98 Å². The Hall–Kier alpha value is -2.35. The number of nitrogens with zero attached hydrogens (tertiary/aromatic N) is 1. The average Bonchev–Trinajstić information content (AvgIpc) is 2.59. The van der Waals surface area contributed by atoms with E-state index in [1.54, 1.807) is 7.11 Å². The van der Waals surface area contributed by atoms with Gasteiger partial charge in [-0.15, -0.1) is 0 Å². The van der Waals surface area contributed by atoms with Crippen LogP contribution in [0.2, 0.25) is 0 Å². The Balaban J connectivity index is 2.16. The van der Waals surface area contributed by atoms with Gasteiger partial charge in [-0.1, -0.05) is 43.7 Å². The first-order valence-corrected chi connectivity index (χ1v) is 7.85. The zero-order valence-corrected chi connectivity index (χ0v) is 13.2. The summed E-state index contributed by atoms with van der Waals surface area (Å²) in [6.07, 6.45) is 3.45. The van der Waals surface area contributed by atoms with Crippen LogP contribution in [0.25, 0.3) is 22.2 Å². The van der Waals surface area contributed by atoms with Crippen LogP contribution in [0.15, 0.2) is 54.6 Å². The molecule has 0 spiro atoms. The van der Waals surface area contributed by atoms with Crippen LogP contribution in [0.5, 0.6) is 5.75 Å². The van der Waals surface area contributed by atoms with Crippen LogP contribution in [0, 0.1) is 0 Å². The molecule has 0 aliphatic rings. The van der Waals surface area contributed by atoms with Crippen LogP contribution in [0.3, 0.4) is 0 Å². The number of unbranched alkanes of at least 4 members (excludes halogenated alkanes) is 1. The van der Waals surface area contributed by atoms with Crippen LogP contribution in [-0.2, 0) is 6.42 Å². The summed E-state index contributed by atoms with van der Waals surface area (Å²) in [5, 5.41) is 1.20. The normalized spacial score (nSPS) is 10.8. The molecule has 0 fully saturated rings. The van der Waals surface area contributed by atoms with Gasteiger partial charge in [0.25, 0.3) is 0 Å². The lowest BCUT2D eigenvalue weighted by Crippen LogP contribution is -1.94. The molecular formula is C20H21NO. The molecule has 112 valence electrons. The molecule has 0 unspecified atom stereocenters. The van der Waals surface area contributed by atoms with E-state index in [-0.39, 0.29) is 0 Å². The summed E-state index contributed by atoms with van der Waals surface area (Å²) in [6, 6.07) is 18.7. The van der Waals surface area contributed by atoms with Gasteiger partial charge in [0.1, 0.15) is 5.75 Å². The molecule has 0 aliphatic carbocycles. The maximum Gasteiger partial charge on any atom is 0.119 e. The maximum atomic E-state index is 5.37. The van der Waals surface area contributed by atoms with Crippen molar-refractivity contribution in [3.05, 3.63) is 60.2 Å². The van der Waals surface area contributed by atoms with Crippen molar-refractivity contribution in [2.45, 2.75) is 26.2 Å². The van der Waals surface area contributed by atoms with Crippen LogP contribution >= 0.6 is 0 Å². The molecule has 2 nitrogen and oxygen atoms in total.